The third kappa shape index (κ3) is 4.36. The zero-order chi connectivity index (χ0) is 18.6. The second kappa shape index (κ2) is 7.94. The van der Waals surface area contributed by atoms with Gasteiger partial charge in [0, 0.05) is 20.1 Å². The molecule has 0 radical (unpaired) electrons. The average Bonchev–Trinajstić information content (AvgIpc) is 3.14. The van der Waals surface area contributed by atoms with Gasteiger partial charge in [0.2, 0.25) is 0 Å². The van der Waals surface area contributed by atoms with Gasteiger partial charge < -0.3 is 9.64 Å². The summed E-state index contributed by atoms with van der Waals surface area (Å²) in [6.07, 6.45) is 1.03. The van der Waals surface area contributed by atoms with Crippen LogP contribution in [0.2, 0.25) is 0 Å². The Hall–Kier alpha value is -1.97. The second-order valence-corrected chi connectivity index (χ2v) is 7.64. The van der Waals surface area contributed by atoms with Crippen LogP contribution in [0.3, 0.4) is 0 Å². The first-order valence-corrected chi connectivity index (χ1v) is 9.34. The quantitative estimate of drug-likeness (QED) is 0.549. The summed E-state index contributed by atoms with van der Waals surface area (Å²) in [6, 6.07) is 5.25. The molecule has 9 heteroatoms. The molecule has 1 saturated heterocycles. The second-order valence-electron chi connectivity index (χ2n) is 5.70. The van der Waals surface area contributed by atoms with Crippen LogP contribution < -0.4 is 0 Å². The highest BCUT2D eigenvalue weighted by atomic mass is 32.2. The molecule has 1 heterocycles. The van der Waals surface area contributed by atoms with E-state index in [-0.39, 0.29) is 16.4 Å². The predicted octanol–water partition coefficient (Wildman–Crippen LogP) is 1.04. The van der Waals surface area contributed by atoms with Crippen molar-refractivity contribution in [2.75, 3.05) is 27.2 Å². The van der Waals surface area contributed by atoms with Crippen molar-refractivity contribution in [3.63, 3.8) is 0 Å². The molecule has 1 atom stereocenters. The molecule has 1 amide bonds. The van der Waals surface area contributed by atoms with Crippen molar-refractivity contribution in [3.05, 3.63) is 29.8 Å². The molecule has 1 aromatic carbocycles. The molecule has 1 aliphatic rings. The van der Waals surface area contributed by atoms with Crippen LogP contribution >= 0.6 is 0 Å². The van der Waals surface area contributed by atoms with E-state index in [2.05, 4.69) is 4.84 Å². The number of rotatable bonds is 6. The van der Waals surface area contributed by atoms with Crippen LogP contribution in [-0.4, -0.2) is 63.0 Å². The number of esters is 1. The lowest BCUT2D eigenvalue weighted by Gasteiger charge is -2.20. The lowest BCUT2D eigenvalue weighted by Crippen LogP contribution is -2.38. The van der Waals surface area contributed by atoms with Crippen LogP contribution in [0.25, 0.3) is 0 Å². The molecule has 0 aliphatic carbocycles. The molecule has 0 N–H and O–H groups in total. The minimum Gasteiger partial charge on any atom is -0.449 e. The van der Waals surface area contributed by atoms with Crippen molar-refractivity contribution in [1.29, 1.82) is 0 Å². The highest BCUT2D eigenvalue weighted by molar-refractivity contribution is 7.89. The van der Waals surface area contributed by atoms with Crippen molar-refractivity contribution < 1.29 is 27.6 Å². The Labute approximate surface area is 147 Å². The lowest BCUT2D eigenvalue weighted by molar-refractivity contribution is -0.138. The fourth-order valence-electron chi connectivity index (χ4n) is 2.48. The van der Waals surface area contributed by atoms with Crippen molar-refractivity contribution >= 4 is 21.9 Å². The Kier molecular flexibility index (Phi) is 6.15. The van der Waals surface area contributed by atoms with Crippen LogP contribution in [-0.2, 0) is 24.4 Å². The van der Waals surface area contributed by atoms with E-state index < -0.39 is 22.1 Å². The summed E-state index contributed by atoms with van der Waals surface area (Å²) in [5.74, 6) is -0.893. The Balaban J connectivity index is 2.04. The number of amides is 1. The molecule has 8 nitrogen and oxygen atoms in total. The molecule has 0 unspecified atom stereocenters. The van der Waals surface area contributed by atoms with Gasteiger partial charge in [0.1, 0.15) is 0 Å². The van der Waals surface area contributed by atoms with Gasteiger partial charge in [0.25, 0.3) is 15.9 Å². The first kappa shape index (κ1) is 19.4. The maximum absolute atomic E-state index is 12.2. The van der Waals surface area contributed by atoms with E-state index in [1.54, 1.807) is 4.90 Å². The third-order valence-corrected chi connectivity index (χ3v) is 5.73. The van der Waals surface area contributed by atoms with Gasteiger partial charge in [0.05, 0.1) is 17.6 Å². The summed E-state index contributed by atoms with van der Waals surface area (Å²) < 4.78 is 30.1. The third-order valence-electron chi connectivity index (χ3n) is 4.03. The summed E-state index contributed by atoms with van der Waals surface area (Å²) in [6.45, 7) is 2.89. The number of hydrogen-bond donors (Lipinski definition) is 0. The normalized spacial score (nSPS) is 16.1. The van der Waals surface area contributed by atoms with Crippen molar-refractivity contribution in [2.45, 2.75) is 30.8 Å². The zero-order valence-corrected chi connectivity index (χ0v) is 15.3. The van der Waals surface area contributed by atoms with Crippen LogP contribution in [0, 0.1) is 0 Å². The van der Waals surface area contributed by atoms with Gasteiger partial charge in [-0.25, -0.2) is 13.2 Å². The number of benzene rings is 1. The van der Waals surface area contributed by atoms with Crippen LogP contribution in [0.4, 0.5) is 0 Å². The number of hydroxylamine groups is 1. The predicted molar refractivity (Wildman–Crippen MR) is 89.1 cm³/mol. The topological polar surface area (TPSA) is 93.2 Å². The van der Waals surface area contributed by atoms with Crippen molar-refractivity contribution in [1.82, 2.24) is 9.37 Å². The van der Waals surface area contributed by atoms with Crippen molar-refractivity contribution in [3.8, 4) is 0 Å². The molecule has 1 fully saturated rings. The number of nitrogens with zero attached hydrogens (tertiary/aromatic N) is 2. The molecule has 1 aliphatic heterocycles. The summed E-state index contributed by atoms with van der Waals surface area (Å²) in [7, 11) is -1.28. The Bertz CT molecular complexity index is 725. The molecular formula is C16H22N2O6S. The van der Waals surface area contributed by atoms with Gasteiger partial charge >= 0.3 is 5.97 Å². The molecule has 0 bridgehead atoms. The van der Waals surface area contributed by atoms with Gasteiger partial charge in [-0.05, 0) is 44.0 Å². The maximum atomic E-state index is 12.2. The lowest BCUT2D eigenvalue weighted by atomic mass is 10.2. The minimum atomic E-state index is -3.78. The minimum absolute atomic E-state index is 0.0189. The first-order chi connectivity index (χ1) is 11.8. The van der Waals surface area contributed by atoms with Gasteiger partial charge in [-0.3, -0.25) is 9.63 Å². The zero-order valence-electron chi connectivity index (χ0n) is 14.5. The molecule has 0 aromatic heterocycles. The van der Waals surface area contributed by atoms with E-state index in [4.69, 9.17) is 4.74 Å². The standard InChI is InChI=1S/C16H22N2O6S/c1-12(15(19)18-10-4-5-11-18)24-16(20)13-6-8-14(9-7-13)25(21,22)17(2)23-3/h6-9,12H,4-5,10-11H2,1-3H3/t12-/m1/s1. The van der Waals surface area contributed by atoms with Crippen LogP contribution in [0.1, 0.15) is 30.1 Å². The summed E-state index contributed by atoms with van der Waals surface area (Å²) in [5, 5.41) is 0. The number of sulfonamides is 1. The Morgan fingerprint density at radius 2 is 1.72 bits per heavy atom. The van der Waals surface area contributed by atoms with E-state index in [1.807, 2.05) is 0 Å². The van der Waals surface area contributed by atoms with E-state index in [1.165, 1.54) is 45.3 Å². The van der Waals surface area contributed by atoms with Crippen LogP contribution in [0.5, 0.6) is 0 Å². The smallest absolute Gasteiger partial charge is 0.338 e. The van der Waals surface area contributed by atoms with E-state index in [9.17, 15) is 18.0 Å². The average molecular weight is 370 g/mol. The van der Waals surface area contributed by atoms with Gasteiger partial charge in [0.15, 0.2) is 6.10 Å². The van der Waals surface area contributed by atoms with Gasteiger partial charge in [-0.2, -0.15) is 0 Å². The fourth-order valence-corrected chi connectivity index (χ4v) is 3.46. The molecule has 0 spiro atoms. The van der Waals surface area contributed by atoms with Gasteiger partial charge in [-0.1, -0.05) is 4.47 Å². The maximum Gasteiger partial charge on any atom is 0.338 e. The van der Waals surface area contributed by atoms with E-state index in [0.29, 0.717) is 13.1 Å². The highest BCUT2D eigenvalue weighted by Gasteiger charge is 2.27. The SMILES string of the molecule is CON(C)S(=O)(=O)c1ccc(C(=O)O[C@H](C)C(=O)N2CCCC2)cc1. The largest absolute Gasteiger partial charge is 0.449 e. The number of carbonyl (C=O) groups excluding carboxylic acids is 2. The summed E-state index contributed by atoms with van der Waals surface area (Å²) >= 11 is 0. The molecule has 25 heavy (non-hydrogen) atoms. The molecular weight excluding hydrogens is 348 g/mol. The summed E-state index contributed by atoms with van der Waals surface area (Å²) in [5.41, 5.74) is 0.167. The molecule has 2 rings (SSSR count). The number of hydrogen-bond acceptors (Lipinski definition) is 6. The van der Waals surface area contributed by atoms with Gasteiger partial charge in [-0.15, -0.1) is 0 Å². The number of ether oxygens (including phenoxy) is 1. The van der Waals surface area contributed by atoms with E-state index >= 15 is 0 Å². The first-order valence-electron chi connectivity index (χ1n) is 7.90. The summed E-state index contributed by atoms with van der Waals surface area (Å²) in [4.78, 5) is 30.6. The number of likely N-dealkylation sites (tertiary alicyclic amines) is 1. The Morgan fingerprint density at radius 1 is 1.16 bits per heavy atom. The molecule has 138 valence electrons. The number of carbonyl (C=O) groups is 2. The fraction of sp³-hybridized carbons (Fsp3) is 0.500. The Morgan fingerprint density at radius 3 is 2.24 bits per heavy atom. The van der Waals surface area contributed by atoms with E-state index in [0.717, 1.165) is 17.3 Å². The molecule has 1 aromatic rings. The van der Waals surface area contributed by atoms with Crippen molar-refractivity contribution in [2.24, 2.45) is 0 Å². The van der Waals surface area contributed by atoms with Crippen LogP contribution in [0.15, 0.2) is 29.2 Å². The molecule has 0 saturated carbocycles. The highest BCUT2D eigenvalue weighted by Crippen LogP contribution is 2.17. The monoisotopic (exact) mass is 370 g/mol.